The number of aryl methyl sites for hydroxylation is 1. The summed E-state index contributed by atoms with van der Waals surface area (Å²) >= 11 is 0. The van der Waals surface area contributed by atoms with Crippen LogP contribution in [0.2, 0.25) is 0 Å². The monoisotopic (exact) mass is 253 g/mol. The average Bonchev–Trinajstić information content (AvgIpc) is 2.33. The summed E-state index contributed by atoms with van der Waals surface area (Å²) in [4.78, 5) is 2.08. The third kappa shape index (κ3) is 2.71. The molecule has 0 saturated heterocycles. The second-order valence-electron chi connectivity index (χ2n) is 5.23. The molecule has 102 valence electrons. The first-order chi connectivity index (χ1) is 8.36. The topological polar surface area (TPSA) is 41.3 Å². The van der Waals surface area contributed by atoms with Crippen molar-refractivity contribution in [3.8, 4) is 0 Å². The van der Waals surface area contributed by atoms with E-state index in [1.54, 1.807) is 6.07 Å². The van der Waals surface area contributed by atoms with Crippen molar-refractivity contribution in [1.29, 1.82) is 0 Å². The van der Waals surface area contributed by atoms with E-state index in [4.69, 9.17) is 5.84 Å². The van der Waals surface area contributed by atoms with Crippen LogP contribution in [0.3, 0.4) is 0 Å². The molecule has 0 spiro atoms. The number of nitrogens with zero attached hydrogens (tertiary/aromatic N) is 1. The Kier molecular flexibility index (Phi) is 4.85. The van der Waals surface area contributed by atoms with Gasteiger partial charge in [0.15, 0.2) is 0 Å². The summed E-state index contributed by atoms with van der Waals surface area (Å²) in [5.41, 5.74) is 4.18. The summed E-state index contributed by atoms with van der Waals surface area (Å²) in [6, 6.07) is 4.88. The normalized spacial score (nSPS) is 16.7. The van der Waals surface area contributed by atoms with Crippen molar-refractivity contribution in [1.82, 2.24) is 10.3 Å². The number of nitrogens with one attached hydrogen (secondary N) is 1. The van der Waals surface area contributed by atoms with E-state index in [1.807, 2.05) is 27.1 Å². The Morgan fingerprint density at radius 2 is 2.06 bits per heavy atom. The van der Waals surface area contributed by atoms with Gasteiger partial charge in [-0.15, -0.1) is 0 Å². The highest BCUT2D eigenvalue weighted by Gasteiger charge is 2.36. The molecule has 3 N–H and O–H groups in total. The van der Waals surface area contributed by atoms with Crippen LogP contribution in [0.5, 0.6) is 0 Å². The molecular weight excluding hydrogens is 229 g/mol. The van der Waals surface area contributed by atoms with Crippen molar-refractivity contribution >= 4 is 0 Å². The third-order valence-electron chi connectivity index (χ3n) is 3.99. The third-order valence-corrected chi connectivity index (χ3v) is 3.99. The summed E-state index contributed by atoms with van der Waals surface area (Å²) in [7, 11) is 3.98. The number of benzene rings is 1. The summed E-state index contributed by atoms with van der Waals surface area (Å²) in [5, 5.41) is 0. The van der Waals surface area contributed by atoms with Gasteiger partial charge in [0.05, 0.1) is 6.04 Å². The molecular formula is C14H24FN3. The molecule has 1 aromatic rings. The minimum Gasteiger partial charge on any atom is -0.302 e. The van der Waals surface area contributed by atoms with Gasteiger partial charge in [0, 0.05) is 11.1 Å². The second kappa shape index (κ2) is 5.78. The maximum atomic E-state index is 14.0. The van der Waals surface area contributed by atoms with Crippen LogP contribution >= 0.6 is 0 Å². The SMILES string of the molecule is CCC(C)(C(NN)c1cc(C)ccc1F)N(C)C. The molecule has 0 aromatic heterocycles. The van der Waals surface area contributed by atoms with Crippen LogP contribution in [0.4, 0.5) is 4.39 Å². The van der Waals surface area contributed by atoms with E-state index in [2.05, 4.69) is 24.2 Å². The Hall–Kier alpha value is -0.970. The van der Waals surface area contributed by atoms with Crippen LogP contribution in [0.15, 0.2) is 18.2 Å². The van der Waals surface area contributed by atoms with Gasteiger partial charge in [0.2, 0.25) is 0 Å². The lowest BCUT2D eigenvalue weighted by Gasteiger charge is -2.42. The van der Waals surface area contributed by atoms with Crippen molar-refractivity contribution < 1.29 is 4.39 Å². The van der Waals surface area contributed by atoms with E-state index >= 15 is 0 Å². The average molecular weight is 253 g/mol. The van der Waals surface area contributed by atoms with Crippen LogP contribution < -0.4 is 11.3 Å². The van der Waals surface area contributed by atoms with Crippen LogP contribution in [-0.4, -0.2) is 24.5 Å². The second-order valence-corrected chi connectivity index (χ2v) is 5.23. The zero-order valence-electron chi connectivity index (χ0n) is 11.9. The summed E-state index contributed by atoms with van der Waals surface area (Å²) in [6.45, 7) is 6.12. The van der Waals surface area contributed by atoms with Gasteiger partial charge >= 0.3 is 0 Å². The lowest BCUT2D eigenvalue weighted by Crippen LogP contribution is -2.53. The van der Waals surface area contributed by atoms with E-state index in [1.165, 1.54) is 6.07 Å². The molecule has 0 bridgehead atoms. The zero-order chi connectivity index (χ0) is 13.9. The van der Waals surface area contributed by atoms with Gasteiger partial charge in [-0.1, -0.05) is 24.6 Å². The van der Waals surface area contributed by atoms with Crippen molar-refractivity contribution in [3.63, 3.8) is 0 Å². The van der Waals surface area contributed by atoms with Crippen LogP contribution in [0.25, 0.3) is 0 Å². The number of hydrogen-bond acceptors (Lipinski definition) is 3. The zero-order valence-corrected chi connectivity index (χ0v) is 11.9. The van der Waals surface area contributed by atoms with Gasteiger partial charge in [-0.25, -0.2) is 4.39 Å². The van der Waals surface area contributed by atoms with Gasteiger partial charge in [-0.2, -0.15) is 0 Å². The van der Waals surface area contributed by atoms with E-state index in [-0.39, 0.29) is 17.4 Å². The Morgan fingerprint density at radius 3 is 2.50 bits per heavy atom. The molecule has 0 aliphatic carbocycles. The van der Waals surface area contributed by atoms with Crippen LogP contribution in [-0.2, 0) is 0 Å². The molecule has 0 amide bonds. The van der Waals surface area contributed by atoms with Crippen LogP contribution in [0, 0.1) is 12.7 Å². The number of halogens is 1. The number of likely N-dealkylation sites (N-methyl/N-ethyl adjacent to an activating group) is 1. The molecule has 4 heteroatoms. The lowest BCUT2D eigenvalue weighted by atomic mass is 9.83. The standard InChI is InChI=1S/C14H24FN3/c1-6-14(3,18(4)5)13(17-16)11-9-10(2)7-8-12(11)15/h7-9,13,17H,6,16H2,1-5H3. The molecule has 0 aliphatic heterocycles. The van der Waals surface area contributed by atoms with E-state index in [9.17, 15) is 4.39 Å². The summed E-state index contributed by atoms with van der Waals surface area (Å²) in [5.74, 6) is 5.46. The van der Waals surface area contributed by atoms with Gasteiger partial charge in [0.1, 0.15) is 5.82 Å². The fourth-order valence-corrected chi connectivity index (χ4v) is 2.27. The lowest BCUT2D eigenvalue weighted by molar-refractivity contribution is 0.111. The number of rotatable bonds is 5. The first-order valence-electron chi connectivity index (χ1n) is 6.26. The maximum absolute atomic E-state index is 14.0. The molecule has 0 heterocycles. The number of hydrogen-bond donors (Lipinski definition) is 2. The van der Waals surface area contributed by atoms with Crippen LogP contribution in [0.1, 0.15) is 37.4 Å². The molecule has 0 radical (unpaired) electrons. The maximum Gasteiger partial charge on any atom is 0.128 e. The van der Waals surface area contributed by atoms with Crippen molar-refractivity contribution in [2.75, 3.05) is 14.1 Å². The minimum atomic E-state index is -0.252. The molecule has 3 nitrogen and oxygen atoms in total. The molecule has 0 aliphatic rings. The first-order valence-corrected chi connectivity index (χ1v) is 6.26. The number of nitrogens with two attached hydrogens (primary N) is 1. The molecule has 18 heavy (non-hydrogen) atoms. The fraction of sp³-hybridized carbons (Fsp3) is 0.571. The van der Waals surface area contributed by atoms with Gasteiger partial charge in [-0.05, 0) is 40.4 Å². The predicted molar refractivity (Wildman–Crippen MR) is 73.6 cm³/mol. The van der Waals surface area contributed by atoms with Crippen molar-refractivity contribution in [2.24, 2.45) is 5.84 Å². The Labute approximate surface area is 109 Å². The molecule has 0 fully saturated rings. The molecule has 1 rings (SSSR count). The Bertz CT molecular complexity index is 406. The quantitative estimate of drug-likeness (QED) is 0.625. The fourth-order valence-electron chi connectivity index (χ4n) is 2.27. The Morgan fingerprint density at radius 1 is 1.44 bits per heavy atom. The smallest absolute Gasteiger partial charge is 0.128 e. The van der Waals surface area contributed by atoms with Crippen molar-refractivity contribution in [2.45, 2.75) is 38.8 Å². The van der Waals surface area contributed by atoms with Gasteiger partial charge in [0.25, 0.3) is 0 Å². The van der Waals surface area contributed by atoms with Gasteiger partial charge in [-0.3, -0.25) is 11.3 Å². The predicted octanol–water partition coefficient (Wildman–Crippen LogP) is 2.37. The molecule has 1 aromatic carbocycles. The van der Waals surface area contributed by atoms with Crippen molar-refractivity contribution in [3.05, 3.63) is 35.1 Å². The summed E-state index contributed by atoms with van der Waals surface area (Å²) in [6.07, 6.45) is 0.863. The minimum absolute atomic E-state index is 0.218. The molecule has 0 saturated carbocycles. The largest absolute Gasteiger partial charge is 0.302 e. The van der Waals surface area contributed by atoms with E-state index in [0.717, 1.165) is 12.0 Å². The van der Waals surface area contributed by atoms with E-state index < -0.39 is 0 Å². The summed E-state index contributed by atoms with van der Waals surface area (Å²) < 4.78 is 14.0. The number of hydrazine groups is 1. The van der Waals surface area contributed by atoms with E-state index in [0.29, 0.717) is 5.56 Å². The highest BCUT2D eigenvalue weighted by atomic mass is 19.1. The van der Waals surface area contributed by atoms with Gasteiger partial charge < -0.3 is 4.90 Å². The Balaban J connectivity index is 3.28. The highest BCUT2D eigenvalue weighted by Crippen LogP contribution is 2.33. The molecule has 2 atom stereocenters. The first kappa shape index (κ1) is 15.1. The highest BCUT2D eigenvalue weighted by molar-refractivity contribution is 5.29. The molecule has 2 unspecified atom stereocenters.